The van der Waals surface area contributed by atoms with Crippen LogP contribution in [0.4, 0.5) is 11.4 Å². The van der Waals surface area contributed by atoms with Crippen LogP contribution in [0.25, 0.3) is 0 Å². The Bertz CT molecular complexity index is 582. The first-order valence-electron chi connectivity index (χ1n) is 5.21. The van der Waals surface area contributed by atoms with Gasteiger partial charge in [0.2, 0.25) is 0 Å². The van der Waals surface area contributed by atoms with Gasteiger partial charge in [-0.3, -0.25) is 4.79 Å². The predicted octanol–water partition coefficient (Wildman–Crippen LogP) is 2.88. The van der Waals surface area contributed by atoms with Crippen molar-refractivity contribution in [2.45, 2.75) is 0 Å². The van der Waals surface area contributed by atoms with E-state index in [-0.39, 0.29) is 17.3 Å². The maximum absolute atomic E-state index is 11.9. The van der Waals surface area contributed by atoms with Crippen LogP contribution in [0.2, 0.25) is 5.02 Å². The third-order valence-electron chi connectivity index (χ3n) is 2.39. The third-order valence-corrected chi connectivity index (χ3v) is 2.64. The van der Waals surface area contributed by atoms with Gasteiger partial charge in [-0.15, -0.1) is 0 Å². The minimum absolute atomic E-state index is 0.0435. The number of nitrogens with one attached hydrogen (secondary N) is 1. The maximum atomic E-state index is 11.9. The molecule has 4 N–H and O–H groups in total. The van der Waals surface area contributed by atoms with Crippen molar-refractivity contribution in [1.29, 1.82) is 0 Å². The van der Waals surface area contributed by atoms with E-state index in [2.05, 4.69) is 5.32 Å². The van der Waals surface area contributed by atoms with Gasteiger partial charge in [0.05, 0.1) is 5.69 Å². The fourth-order valence-corrected chi connectivity index (χ4v) is 1.56. The minimum Gasteiger partial charge on any atom is -0.506 e. The summed E-state index contributed by atoms with van der Waals surface area (Å²) in [5.74, 6) is -0.345. The second-order valence-corrected chi connectivity index (χ2v) is 4.17. The largest absolute Gasteiger partial charge is 0.506 e. The van der Waals surface area contributed by atoms with Crippen LogP contribution in [0, 0.1) is 0 Å². The van der Waals surface area contributed by atoms with Gasteiger partial charge in [0.25, 0.3) is 5.91 Å². The zero-order valence-electron chi connectivity index (χ0n) is 9.35. The molecule has 0 unspecified atom stereocenters. The Morgan fingerprint density at radius 2 is 1.83 bits per heavy atom. The zero-order chi connectivity index (χ0) is 13.1. The van der Waals surface area contributed by atoms with Crippen LogP contribution in [0.5, 0.6) is 5.75 Å². The fraction of sp³-hybridized carbons (Fsp3) is 0. The molecule has 0 atom stereocenters. The molecule has 0 aliphatic rings. The summed E-state index contributed by atoms with van der Waals surface area (Å²) in [5, 5.41) is 12.6. The summed E-state index contributed by atoms with van der Waals surface area (Å²) in [6.07, 6.45) is 0. The Morgan fingerprint density at radius 1 is 1.17 bits per heavy atom. The zero-order valence-corrected chi connectivity index (χ0v) is 10.1. The summed E-state index contributed by atoms with van der Waals surface area (Å²) in [5.41, 5.74) is 6.70. The molecule has 4 nitrogen and oxygen atoms in total. The molecular weight excluding hydrogens is 252 g/mol. The number of benzene rings is 2. The summed E-state index contributed by atoms with van der Waals surface area (Å²) in [4.78, 5) is 11.9. The molecule has 0 fully saturated rings. The number of aromatic hydroxyl groups is 1. The van der Waals surface area contributed by atoms with Gasteiger partial charge in [0.15, 0.2) is 0 Å². The Morgan fingerprint density at radius 3 is 2.44 bits per heavy atom. The Hall–Kier alpha value is -2.20. The molecule has 0 bridgehead atoms. The molecule has 2 aromatic rings. The Kier molecular flexibility index (Phi) is 3.39. The van der Waals surface area contributed by atoms with Gasteiger partial charge in [-0.1, -0.05) is 11.6 Å². The Balaban J connectivity index is 2.16. The third kappa shape index (κ3) is 2.73. The summed E-state index contributed by atoms with van der Waals surface area (Å²) >= 11 is 5.75. The number of hydrogen-bond donors (Lipinski definition) is 3. The number of amides is 1. The molecular formula is C13H11ClN2O2. The van der Waals surface area contributed by atoms with Crippen molar-refractivity contribution in [3.8, 4) is 5.75 Å². The highest BCUT2D eigenvalue weighted by atomic mass is 35.5. The average Bonchev–Trinajstić information content (AvgIpc) is 2.35. The van der Waals surface area contributed by atoms with Crippen molar-refractivity contribution in [3.63, 3.8) is 0 Å². The van der Waals surface area contributed by atoms with E-state index >= 15 is 0 Å². The van der Waals surface area contributed by atoms with E-state index in [1.54, 1.807) is 24.3 Å². The highest BCUT2D eigenvalue weighted by Crippen LogP contribution is 2.21. The van der Waals surface area contributed by atoms with E-state index in [0.717, 1.165) is 0 Å². The smallest absolute Gasteiger partial charge is 0.255 e. The number of hydrogen-bond acceptors (Lipinski definition) is 3. The van der Waals surface area contributed by atoms with Crippen molar-refractivity contribution < 1.29 is 9.90 Å². The number of carbonyl (C=O) groups excluding carboxylic acids is 1. The molecule has 0 radical (unpaired) electrons. The van der Waals surface area contributed by atoms with Gasteiger partial charge in [-0.2, -0.15) is 0 Å². The van der Waals surface area contributed by atoms with Crippen molar-refractivity contribution >= 4 is 28.9 Å². The van der Waals surface area contributed by atoms with Crippen LogP contribution in [0.15, 0.2) is 42.5 Å². The molecule has 2 aromatic carbocycles. The molecule has 0 spiro atoms. The topological polar surface area (TPSA) is 75.4 Å². The number of phenols is 1. The van der Waals surface area contributed by atoms with Crippen LogP contribution in [0.1, 0.15) is 10.4 Å². The number of anilines is 2. The van der Waals surface area contributed by atoms with Crippen molar-refractivity contribution in [2.75, 3.05) is 11.1 Å². The molecule has 5 heteroatoms. The molecule has 0 heterocycles. The number of carbonyl (C=O) groups is 1. The highest BCUT2D eigenvalue weighted by Gasteiger charge is 2.08. The summed E-state index contributed by atoms with van der Waals surface area (Å²) in [7, 11) is 0. The number of halogens is 1. The molecule has 0 saturated carbocycles. The van der Waals surface area contributed by atoms with Gasteiger partial charge >= 0.3 is 0 Å². The molecule has 0 aromatic heterocycles. The monoisotopic (exact) mass is 262 g/mol. The van der Waals surface area contributed by atoms with Crippen LogP contribution < -0.4 is 11.1 Å². The maximum Gasteiger partial charge on any atom is 0.255 e. The van der Waals surface area contributed by atoms with E-state index in [1.807, 2.05) is 0 Å². The first-order chi connectivity index (χ1) is 8.56. The molecule has 18 heavy (non-hydrogen) atoms. The molecule has 2 rings (SSSR count). The van der Waals surface area contributed by atoms with E-state index < -0.39 is 0 Å². The molecule has 0 aliphatic heterocycles. The highest BCUT2D eigenvalue weighted by molar-refractivity contribution is 6.30. The van der Waals surface area contributed by atoms with Gasteiger partial charge in [0, 0.05) is 16.3 Å². The average molecular weight is 263 g/mol. The number of phenolic OH excluding ortho intramolecular Hbond substituents is 1. The molecule has 1 amide bonds. The normalized spacial score (nSPS) is 10.1. The standard InChI is InChI=1S/C13H11ClN2O2/c14-9-2-4-10(5-3-9)16-13(18)8-1-6-12(17)11(15)7-8/h1-7,17H,15H2,(H,16,18). The summed E-state index contributed by atoms with van der Waals surface area (Å²) in [6.45, 7) is 0. The van der Waals surface area contributed by atoms with Crippen molar-refractivity contribution in [2.24, 2.45) is 0 Å². The summed E-state index contributed by atoms with van der Waals surface area (Å²) < 4.78 is 0. The summed E-state index contributed by atoms with van der Waals surface area (Å²) in [6, 6.07) is 11.1. The van der Waals surface area contributed by atoms with Gasteiger partial charge < -0.3 is 16.2 Å². The minimum atomic E-state index is -0.302. The first-order valence-corrected chi connectivity index (χ1v) is 5.59. The predicted molar refractivity (Wildman–Crippen MR) is 71.9 cm³/mol. The molecule has 0 aliphatic carbocycles. The van der Waals surface area contributed by atoms with Crippen LogP contribution in [0.3, 0.4) is 0 Å². The lowest BCUT2D eigenvalue weighted by Gasteiger charge is -2.06. The first kappa shape index (κ1) is 12.3. The van der Waals surface area contributed by atoms with Crippen LogP contribution in [-0.4, -0.2) is 11.0 Å². The van der Waals surface area contributed by atoms with Gasteiger partial charge in [-0.25, -0.2) is 0 Å². The van der Waals surface area contributed by atoms with Crippen molar-refractivity contribution in [1.82, 2.24) is 0 Å². The lowest BCUT2D eigenvalue weighted by molar-refractivity contribution is 0.102. The quantitative estimate of drug-likeness (QED) is 0.575. The van der Waals surface area contributed by atoms with E-state index in [1.165, 1.54) is 18.2 Å². The van der Waals surface area contributed by atoms with Crippen molar-refractivity contribution in [3.05, 3.63) is 53.1 Å². The van der Waals surface area contributed by atoms with Crippen LogP contribution in [-0.2, 0) is 0 Å². The van der Waals surface area contributed by atoms with E-state index in [9.17, 15) is 9.90 Å². The lowest BCUT2D eigenvalue weighted by atomic mass is 10.1. The fourth-order valence-electron chi connectivity index (χ4n) is 1.43. The number of nitrogen functional groups attached to an aromatic ring is 1. The Labute approximate surface area is 109 Å². The number of nitrogens with two attached hydrogens (primary N) is 1. The van der Waals surface area contributed by atoms with Crippen LogP contribution >= 0.6 is 11.6 Å². The van der Waals surface area contributed by atoms with E-state index in [0.29, 0.717) is 16.3 Å². The second-order valence-electron chi connectivity index (χ2n) is 3.73. The number of rotatable bonds is 2. The van der Waals surface area contributed by atoms with Gasteiger partial charge in [0.1, 0.15) is 5.75 Å². The lowest BCUT2D eigenvalue weighted by Crippen LogP contribution is -2.12. The van der Waals surface area contributed by atoms with Gasteiger partial charge in [-0.05, 0) is 42.5 Å². The SMILES string of the molecule is Nc1cc(C(=O)Nc2ccc(Cl)cc2)ccc1O. The molecule has 0 saturated heterocycles. The second kappa shape index (κ2) is 4.98. The van der Waals surface area contributed by atoms with E-state index in [4.69, 9.17) is 17.3 Å². The molecule has 92 valence electrons.